The van der Waals surface area contributed by atoms with E-state index >= 15 is 0 Å². The highest BCUT2D eigenvalue weighted by molar-refractivity contribution is 9.10. The smallest absolute Gasteiger partial charge is 0.137 e. The van der Waals surface area contributed by atoms with E-state index < -0.39 is 17.7 Å². The van der Waals surface area contributed by atoms with Gasteiger partial charge in [0.2, 0.25) is 0 Å². The molecule has 0 saturated heterocycles. The largest absolute Gasteiger partial charge is 0.384 e. The molecular weight excluding hydrogens is 370 g/mol. The van der Waals surface area contributed by atoms with E-state index in [0.29, 0.717) is 5.56 Å². The SMILES string of the molecule is OC(c1cccc(Br)c1)c1cc(F)c(Br)cc1F. The third kappa shape index (κ3) is 2.79. The van der Waals surface area contributed by atoms with Crippen LogP contribution in [0.2, 0.25) is 0 Å². The van der Waals surface area contributed by atoms with Crippen molar-refractivity contribution in [3.63, 3.8) is 0 Å². The molecule has 1 nitrogen and oxygen atoms in total. The fourth-order valence-electron chi connectivity index (χ4n) is 1.60. The lowest BCUT2D eigenvalue weighted by molar-refractivity contribution is 0.214. The van der Waals surface area contributed by atoms with Crippen LogP contribution in [0.5, 0.6) is 0 Å². The van der Waals surface area contributed by atoms with Crippen LogP contribution >= 0.6 is 31.9 Å². The van der Waals surface area contributed by atoms with Crippen LogP contribution in [0.1, 0.15) is 17.2 Å². The van der Waals surface area contributed by atoms with Crippen molar-refractivity contribution in [2.45, 2.75) is 6.10 Å². The van der Waals surface area contributed by atoms with E-state index in [9.17, 15) is 13.9 Å². The van der Waals surface area contributed by atoms with Crippen molar-refractivity contribution in [3.05, 3.63) is 68.1 Å². The van der Waals surface area contributed by atoms with Gasteiger partial charge < -0.3 is 5.11 Å². The standard InChI is InChI=1S/C13H8Br2F2O/c14-8-3-1-2-7(4-8)13(18)9-5-12(17)10(15)6-11(9)16/h1-6,13,18H. The summed E-state index contributed by atoms with van der Waals surface area (Å²) < 4.78 is 27.9. The molecule has 18 heavy (non-hydrogen) atoms. The van der Waals surface area contributed by atoms with Crippen molar-refractivity contribution in [3.8, 4) is 0 Å². The Bertz CT molecular complexity index is 587. The number of hydrogen-bond acceptors (Lipinski definition) is 1. The monoisotopic (exact) mass is 376 g/mol. The fraction of sp³-hybridized carbons (Fsp3) is 0.0769. The van der Waals surface area contributed by atoms with E-state index in [0.717, 1.165) is 16.6 Å². The molecule has 2 aromatic carbocycles. The molecule has 0 heterocycles. The molecule has 0 aliphatic carbocycles. The second kappa shape index (κ2) is 5.47. The molecule has 5 heteroatoms. The predicted octanol–water partition coefficient (Wildman–Crippen LogP) is 4.57. The molecule has 0 radical (unpaired) electrons. The van der Waals surface area contributed by atoms with Gasteiger partial charge in [-0.05, 0) is 45.8 Å². The van der Waals surface area contributed by atoms with Crippen LogP contribution in [0.4, 0.5) is 8.78 Å². The molecule has 2 aromatic rings. The first kappa shape index (κ1) is 13.6. The molecular formula is C13H8Br2F2O. The summed E-state index contributed by atoms with van der Waals surface area (Å²) in [5.74, 6) is -1.27. The molecule has 0 fully saturated rings. The Hall–Kier alpha value is -0.780. The summed E-state index contributed by atoms with van der Waals surface area (Å²) in [5.41, 5.74) is 0.402. The average Bonchev–Trinajstić information content (AvgIpc) is 2.33. The van der Waals surface area contributed by atoms with Crippen LogP contribution in [0.15, 0.2) is 45.3 Å². The molecule has 0 aliphatic heterocycles. The fourth-order valence-corrected chi connectivity index (χ4v) is 2.34. The van der Waals surface area contributed by atoms with Gasteiger partial charge in [0, 0.05) is 10.0 Å². The molecule has 0 amide bonds. The number of halogens is 4. The molecule has 1 atom stereocenters. The molecule has 0 aliphatic rings. The van der Waals surface area contributed by atoms with Crippen LogP contribution in [-0.2, 0) is 0 Å². The van der Waals surface area contributed by atoms with Gasteiger partial charge in [0.25, 0.3) is 0 Å². The van der Waals surface area contributed by atoms with Gasteiger partial charge in [-0.3, -0.25) is 0 Å². The highest BCUT2D eigenvalue weighted by atomic mass is 79.9. The van der Waals surface area contributed by atoms with E-state index in [1.54, 1.807) is 24.3 Å². The summed E-state index contributed by atoms with van der Waals surface area (Å²) in [5, 5.41) is 10.1. The Kier molecular flexibility index (Phi) is 4.14. The van der Waals surface area contributed by atoms with Gasteiger partial charge >= 0.3 is 0 Å². The number of benzene rings is 2. The minimum Gasteiger partial charge on any atom is -0.384 e. The third-order valence-electron chi connectivity index (χ3n) is 2.50. The second-order valence-corrected chi connectivity index (χ2v) is 5.52. The summed E-state index contributed by atoms with van der Waals surface area (Å²) in [6, 6.07) is 8.81. The molecule has 0 spiro atoms. The van der Waals surface area contributed by atoms with Crippen LogP contribution in [-0.4, -0.2) is 5.11 Å². The van der Waals surface area contributed by atoms with E-state index in [1.807, 2.05) is 0 Å². The zero-order valence-corrected chi connectivity index (χ0v) is 12.2. The van der Waals surface area contributed by atoms with E-state index in [1.165, 1.54) is 0 Å². The maximum atomic E-state index is 13.7. The van der Waals surface area contributed by atoms with Gasteiger partial charge in [-0.25, -0.2) is 8.78 Å². The summed E-state index contributed by atoms with van der Waals surface area (Å²) in [6.45, 7) is 0. The highest BCUT2D eigenvalue weighted by Gasteiger charge is 2.17. The minimum absolute atomic E-state index is 0.0326. The third-order valence-corrected chi connectivity index (χ3v) is 3.60. The first-order valence-electron chi connectivity index (χ1n) is 5.07. The van der Waals surface area contributed by atoms with E-state index in [2.05, 4.69) is 31.9 Å². The molecule has 2 rings (SSSR count). The van der Waals surface area contributed by atoms with Crippen molar-refractivity contribution >= 4 is 31.9 Å². The van der Waals surface area contributed by atoms with Crippen molar-refractivity contribution in [1.82, 2.24) is 0 Å². The Morgan fingerprint density at radius 1 is 1.00 bits per heavy atom. The lowest BCUT2D eigenvalue weighted by Crippen LogP contribution is -2.03. The average molecular weight is 378 g/mol. The zero-order valence-electron chi connectivity index (χ0n) is 9.00. The predicted molar refractivity (Wildman–Crippen MR) is 72.3 cm³/mol. The molecule has 0 bridgehead atoms. The van der Waals surface area contributed by atoms with Crippen LogP contribution < -0.4 is 0 Å². The number of aliphatic hydroxyl groups is 1. The maximum absolute atomic E-state index is 13.7. The topological polar surface area (TPSA) is 20.2 Å². The lowest BCUT2D eigenvalue weighted by Gasteiger charge is -2.13. The summed E-state index contributed by atoms with van der Waals surface area (Å²) in [6.07, 6.45) is -1.20. The highest BCUT2D eigenvalue weighted by Crippen LogP contribution is 2.29. The summed E-state index contributed by atoms with van der Waals surface area (Å²) in [4.78, 5) is 0. The summed E-state index contributed by atoms with van der Waals surface area (Å²) >= 11 is 6.15. The Labute approximate surface area is 120 Å². The van der Waals surface area contributed by atoms with Crippen LogP contribution in [0.3, 0.4) is 0 Å². The first-order valence-corrected chi connectivity index (χ1v) is 6.65. The number of aliphatic hydroxyl groups excluding tert-OH is 1. The molecule has 1 unspecified atom stereocenters. The molecule has 0 aromatic heterocycles. The second-order valence-electron chi connectivity index (χ2n) is 3.75. The minimum atomic E-state index is -1.20. The maximum Gasteiger partial charge on any atom is 0.137 e. The number of rotatable bonds is 2. The Morgan fingerprint density at radius 3 is 2.39 bits per heavy atom. The van der Waals surface area contributed by atoms with Crippen molar-refractivity contribution in [1.29, 1.82) is 0 Å². The van der Waals surface area contributed by atoms with Crippen LogP contribution in [0, 0.1) is 11.6 Å². The summed E-state index contributed by atoms with van der Waals surface area (Å²) in [7, 11) is 0. The van der Waals surface area contributed by atoms with E-state index in [4.69, 9.17) is 0 Å². The molecule has 1 N–H and O–H groups in total. The van der Waals surface area contributed by atoms with Crippen molar-refractivity contribution in [2.24, 2.45) is 0 Å². The normalized spacial score (nSPS) is 12.5. The Balaban J connectivity index is 2.46. The van der Waals surface area contributed by atoms with Gasteiger partial charge in [0.05, 0.1) is 4.47 Å². The van der Waals surface area contributed by atoms with Gasteiger partial charge in [-0.2, -0.15) is 0 Å². The molecule has 94 valence electrons. The van der Waals surface area contributed by atoms with Gasteiger partial charge in [-0.15, -0.1) is 0 Å². The van der Waals surface area contributed by atoms with E-state index in [-0.39, 0.29) is 10.0 Å². The molecule has 0 saturated carbocycles. The van der Waals surface area contributed by atoms with Crippen molar-refractivity contribution < 1.29 is 13.9 Å². The quantitative estimate of drug-likeness (QED) is 0.760. The zero-order chi connectivity index (χ0) is 13.3. The van der Waals surface area contributed by atoms with Crippen molar-refractivity contribution in [2.75, 3.05) is 0 Å². The Morgan fingerprint density at radius 2 is 1.72 bits per heavy atom. The number of hydrogen-bond donors (Lipinski definition) is 1. The van der Waals surface area contributed by atoms with Gasteiger partial charge in [-0.1, -0.05) is 28.1 Å². The van der Waals surface area contributed by atoms with Crippen LogP contribution in [0.25, 0.3) is 0 Å². The van der Waals surface area contributed by atoms with Gasteiger partial charge in [0.15, 0.2) is 0 Å². The lowest BCUT2D eigenvalue weighted by atomic mass is 10.0. The first-order chi connectivity index (χ1) is 8.49. The van der Waals surface area contributed by atoms with Gasteiger partial charge in [0.1, 0.15) is 17.7 Å².